The van der Waals surface area contributed by atoms with Crippen molar-refractivity contribution in [1.82, 2.24) is 25.1 Å². The van der Waals surface area contributed by atoms with Crippen molar-refractivity contribution in [2.75, 3.05) is 38.2 Å². The summed E-state index contributed by atoms with van der Waals surface area (Å²) in [7, 11) is 1.70. The number of hydrogen-bond donors (Lipinski definition) is 0. The van der Waals surface area contributed by atoms with Crippen LogP contribution in [0.1, 0.15) is 27.9 Å². The third-order valence-corrected chi connectivity index (χ3v) is 7.06. The molecule has 170 valence electrons. The summed E-state index contributed by atoms with van der Waals surface area (Å²) < 4.78 is 7.26. The van der Waals surface area contributed by atoms with Gasteiger partial charge in [0.25, 0.3) is 0 Å². The van der Waals surface area contributed by atoms with Gasteiger partial charge in [-0.15, -0.1) is 16.4 Å². The number of thiophene rings is 1. The zero-order valence-corrected chi connectivity index (χ0v) is 19.8. The highest BCUT2D eigenvalue weighted by Gasteiger charge is 2.30. The Morgan fingerprint density at radius 3 is 2.39 bits per heavy atom. The number of aryl methyl sites for hydroxylation is 1. The van der Waals surface area contributed by atoms with Crippen molar-refractivity contribution >= 4 is 17.0 Å². The van der Waals surface area contributed by atoms with Gasteiger partial charge in [-0.1, -0.05) is 35.9 Å². The van der Waals surface area contributed by atoms with Crippen LogP contribution >= 0.6 is 11.3 Å². The SMILES string of the molecule is COc1ccc(N2CCN(C(c3ccc(C)cc3)c3nnnn3Cc3cccs3)CC2)cc1. The van der Waals surface area contributed by atoms with E-state index in [0.29, 0.717) is 6.54 Å². The lowest BCUT2D eigenvalue weighted by Gasteiger charge is -2.40. The summed E-state index contributed by atoms with van der Waals surface area (Å²) in [6, 6.07) is 21.3. The van der Waals surface area contributed by atoms with E-state index in [1.54, 1.807) is 18.4 Å². The summed E-state index contributed by atoms with van der Waals surface area (Å²) in [4.78, 5) is 6.17. The molecule has 5 rings (SSSR count). The molecule has 7 nitrogen and oxygen atoms in total. The highest BCUT2D eigenvalue weighted by Crippen LogP contribution is 2.30. The Hall–Kier alpha value is -3.23. The van der Waals surface area contributed by atoms with E-state index in [-0.39, 0.29) is 6.04 Å². The van der Waals surface area contributed by atoms with E-state index < -0.39 is 0 Å². The van der Waals surface area contributed by atoms with Gasteiger partial charge in [0.2, 0.25) is 0 Å². The normalized spacial score (nSPS) is 15.5. The second kappa shape index (κ2) is 9.72. The Balaban J connectivity index is 1.39. The first-order valence-electron chi connectivity index (χ1n) is 11.2. The van der Waals surface area contributed by atoms with Crippen molar-refractivity contribution < 1.29 is 4.74 Å². The zero-order valence-electron chi connectivity index (χ0n) is 19.0. The molecule has 8 heteroatoms. The predicted molar refractivity (Wildman–Crippen MR) is 131 cm³/mol. The maximum absolute atomic E-state index is 5.31. The number of nitrogens with zero attached hydrogens (tertiary/aromatic N) is 6. The van der Waals surface area contributed by atoms with Crippen molar-refractivity contribution in [3.8, 4) is 5.75 Å². The first kappa shape index (κ1) is 21.6. The Bertz CT molecular complexity index is 1150. The molecule has 3 heterocycles. The molecule has 4 aromatic rings. The van der Waals surface area contributed by atoms with Gasteiger partial charge in [-0.25, -0.2) is 4.68 Å². The molecule has 1 aliphatic heterocycles. The second-order valence-electron chi connectivity index (χ2n) is 8.31. The molecule has 0 aliphatic carbocycles. The summed E-state index contributed by atoms with van der Waals surface area (Å²) in [6.45, 7) is 6.55. The number of anilines is 1. The molecule has 1 fully saturated rings. The largest absolute Gasteiger partial charge is 0.497 e. The standard InChI is InChI=1S/C25H28N6OS/c1-19-5-7-20(8-6-19)24(25-26-27-28-31(25)18-23-4-3-17-33-23)30-15-13-29(14-16-30)21-9-11-22(32-2)12-10-21/h3-12,17,24H,13-16,18H2,1-2H3. The van der Waals surface area contributed by atoms with Crippen LogP contribution in [0, 0.1) is 6.92 Å². The molecule has 0 bridgehead atoms. The van der Waals surface area contributed by atoms with E-state index >= 15 is 0 Å². The number of rotatable bonds is 7. The van der Waals surface area contributed by atoms with Gasteiger partial charge in [-0.05, 0) is 58.6 Å². The van der Waals surface area contributed by atoms with Gasteiger partial charge in [0.15, 0.2) is 5.82 Å². The number of aromatic nitrogens is 4. The van der Waals surface area contributed by atoms with Gasteiger partial charge >= 0.3 is 0 Å². The van der Waals surface area contributed by atoms with Gasteiger partial charge in [-0.3, -0.25) is 4.90 Å². The summed E-state index contributed by atoms with van der Waals surface area (Å²) in [5.41, 5.74) is 3.70. The van der Waals surface area contributed by atoms with Gasteiger partial charge in [0.1, 0.15) is 5.75 Å². The molecular weight excluding hydrogens is 432 g/mol. The van der Waals surface area contributed by atoms with Crippen molar-refractivity contribution in [2.45, 2.75) is 19.5 Å². The van der Waals surface area contributed by atoms with Crippen LogP contribution < -0.4 is 9.64 Å². The molecule has 2 aromatic heterocycles. The van der Waals surface area contributed by atoms with Crippen LogP contribution in [-0.2, 0) is 6.54 Å². The number of ether oxygens (including phenoxy) is 1. The molecule has 0 amide bonds. The molecule has 1 unspecified atom stereocenters. The Kier molecular flexibility index (Phi) is 6.37. The van der Waals surface area contributed by atoms with E-state index in [0.717, 1.165) is 37.8 Å². The smallest absolute Gasteiger partial charge is 0.173 e. The molecule has 1 atom stereocenters. The second-order valence-corrected chi connectivity index (χ2v) is 9.34. The molecule has 0 spiro atoms. The molecule has 1 saturated heterocycles. The number of tetrazole rings is 1. The van der Waals surface area contributed by atoms with Crippen LogP contribution in [0.15, 0.2) is 66.0 Å². The Morgan fingerprint density at radius 2 is 1.73 bits per heavy atom. The molecule has 2 aromatic carbocycles. The molecule has 33 heavy (non-hydrogen) atoms. The average molecular weight is 461 g/mol. The average Bonchev–Trinajstić information content (AvgIpc) is 3.54. The predicted octanol–water partition coefficient (Wildman–Crippen LogP) is 4.01. The van der Waals surface area contributed by atoms with Crippen molar-refractivity contribution in [3.63, 3.8) is 0 Å². The lowest BCUT2D eigenvalue weighted by Crippen LogP contribution is -2.48. The van der Waals surface area contributed by atoms with Crippen LogP contribution in [0.5, 0.6) is 5.75 Å². The minimum Gasteiger partial charge on any atom is -0.497 e. The van der Waals surface area contributed by atoms with Gasteiger partial charge < -0.3 is 9.64 Å². The molecule has 0 N–H and O–H groups in total. The minimum atomic E-state index is 0.0126. The summed E-state index contributed by atoms with van der Waals surface area (Å²) >= 11 is 1.73. The van der Waals surface area contributed by atoms with Crippen molar-refractivity contribution in [1.29, 1.82) is 0 Å². The monoisotopic (exact) mass is 460 g/mol. The van der Waals surface area contributed by atoms with E-state index in [1.165, 1.54) is 21.7 Å². The van der Waals surface area contributed by atoms with Crippen LogP contribution in [-0.4, -0.2) is 58.4 Å². The highest BCUT2D eigenvalue weighted by atomic mass is 32.1. The highest BCUT2D eigenvalue weighted by molar-refractivity contribution is 7.09. The maximum atomic E-state index is 5.31. The fourth-order valence-electron chi connectivity index (χ4n) is 4.37. The number of piperazine rings is 1. The summed E-state index contributed by atoms with van der Waals surface area (Å²) in [5.74, 6) is 1.78. The number of hydrogen-bond acceptors (Lipinski definition) is 7. The quantitative estimate of drug-likeness (QED) is 0.415. The van der Waals surface area contributed by atoms with Crippen LogP contribution in [0.4, 0.5) is 5.69 Å². The van der Waals surface area contributed by atoms with E-state index in [1.807, 2.05) is 16.8 Å². The first-order chi connectivity index (χ1) is 16.2. The fraction of sp³-hybridized carbons (Fsp3) is 0.320. The maximum Gasteiger partial charge on any atom is 0.173 e. The molecule has 0 saturated carbocycles. The van der Waals surface area contributed by atoms with E-state index in [2.05, 4.69) is 86.2 Å². The lowest BCUT2D eigenvalue weighted by atomic mass is 10.0. The van der Waals surface area contributed by atoms with E-state index in [9.17, 15) is 0 Å². The first-order valence-corrected chi connectivity index (χ1v) is 12.1. The Labute approximate surface area is 198 Å². The third-order valence-electron chi connectivity index (χ3n) is 6.20. The number of benzene rings is 2. The number of methoxy groups -OCH3 is 1. The van der Waals surface area contributed by atoms with Gasteiger partial charge in [0, 0.05) is 36.7 Å². The topological polar surface area (TPSA) is 59.3 Å². The zero-order chi connectivity index (χ0) is 22.6. The van der Waals surface area contributed by atoms with Crippen molar-refractivity contribution in [3.05, 3.63) is 87.9 Å². The lowest BCUT2D eigenvalue weighted by molar-refractivity contribution is 0.201. The van der Waals surface area contributed by atoms with E-state index in [4.69, 9.17) is 4.74 Å². The van der Waals surface area contributed by atoms with Crippen LogP contribution in [0.3, 0.4) is 0 Å². The van der Waals surface area contributed by atoms with Crippen LogP contribution in [0.2, 0.25) is 0 Å². The van der Waals surface area contributed by atoms with Gasteiger partial charge in [-0.2, -0.15) is 0 Å². The fourth-order valence-corrected chi connectivity index (χ4v) is 5.06. The molecular formula is C25H28N6OS. The molecule has 1 aliphatic rings. The summed E-state index contributed by atoms with van der Waals surface area (Å²) in [6.07, 6.45) is 0. The Morgan fingerprint density at radius 1 is 0.970 bits per heavy atom. The third kappa shape index (κ3) is 4.77. The van der Waals surface area contributed by atoms with Gasteiger partial charge in [0.05, 0.1) is 19.7 Å². The summed E-state index contributed by atoms with van der Waals surface area (Å²) in [5, 5.41) is 15.0. The van der Waals surface area contributed by atoms with Crippen molar-refractivity contribution in [2.24, 2.45) is 0 Å². The molecule has 0 radical (unpaired) electrons. The minimum absolute atomic E-state index is 0.0126. The van der Waals surface area contributed by atoms with Crippen LogP contribution in [0.25, 0.3) is 0 Å².